The smallest absolute Gasteiger partial charge is 0.310 e. The Morgan fingerprint density at radius 2 is 1.95 bits per heavy atom. The zero-order chi connectivity index (χ0) is 14.6. The maximum Gasteiger partial charge on any atom is 0.310 e. The van der Waals surface area contributed by atoms with Crippen molar-refractivity contribution in [2.45, 2.75) is 19.3 Å². The fourth-order valence-corrected chi connectivity index (χ4v) is 1.99. The van der Waals surface area contributed by atoms with Crippen molar-refractivity contribution in [1.82, 2.24) is 4.98 Å². The van der Waals surface area contributed by atoms with Gasteiger partial charge in [0.15, 0.2) is 0 Å². The predicted molar refractivity (Wildman–Crippen MR) is 78.8 cm³/mol. The lowest BCUT2D eigenvalue weighted by molar-refractivity contribution is -0.384. The molecule has 0 unspecified atom stereocenters. The van der Waals surface area contributed by atoms with E-state index >= 15 is 0 Å². The van der Waals surface area contributed by atoms with Crippen LogP contribution in [-0.4, -0.2) is 16.5 Å². The molecule has 0 radical (unpaired) electrons. The van der Waals surface area contributed by atoms with Crippen LogP contribution in [0.15, 0.2) is 48.8 Å². The van der Waals surface area contributed by atoms with E-state index in [0.717, 1.165) is 0 Å². The molecule has 1 N–H and O–H groups in total. The monoisotopic (exact) mass is 271 g/mol. The molecular weight excluding hydrogens is 254 g/mol. The lowest BCUT2D eigenvalue weighted by atomic mass is 9.84. The summed E-state index contributed by atoms with van der Waals surface area (Å²) in [5, 5.41) is 14.1. The first kappa shape index (κ1) is 14.0. The molecule has 1 heterocycles. The first-order valence-electron chi connectivity index (χ1n) is 6.38. The molecule has 0 aliphatic rings. The molecule has 20 heavy (non-hydrogen) atoms. The van der Waals surface area contributed by atoms with Gasteiger partial charge in [-0.2, -0.15) is 0 Å². The molecule has 2 aromatic rings. The van der Waals surface area contributed by atoms with Crippen molar-refractivity contribution in [2.75, 3.05) is 11.9 Å². The van der Waals surface area contributed by atoms with Crippen molar-refractivity contribution < 1.29 is 4.92 Å². The van der Waals surface area contributed by atoms with E-state index in [1.165, 1.54) is 11.8 Å². The van der Waals surface area contributed by atoms with Crippen molar-refractivity contribution in [1.29, 1.82) is 0 Å². The first-order valence-corrected chi connectivity index (χ1v) is 6.38. The van der Waals surface area contributed by atoms with E-state index in [2.05, 4.69) is 36.3 Å². The summed E-state index contributed by atoms with van der Waals surface area (Å²) in [5.74, 6) is 0. The molecule has 1 aromatic heterocycles. The van der Waals surface area contributed by atoms with Crippen molar-refractivity contribution in [3.05, 3.63) is 64.5 Å². The van der Waals surface area contributed by atoms with Gasteiger partial charge in [0.05, 0.1) is 4.92 Å². The molecule has 0 aliphatic heterocycles. The Bertz CT molecular complexity index is 597. The van der Waals surface area contributed by atoms with Crippen LogP contribution in [0.5, 0.6) is 0 Å². The van der Waals surface area contributed by atoms with Gasteiger partial charge < -0.3 is 5.32 Å². The van der Waals surface area contributed by atoms with Crippen LogP contribution in [0.4, 0.5) is 11.4 Å². The molecule has 0 fully saturated rings. The third kappa shape index (κ3) is 3.12. The molecule has 0 saturated heterocycles. The molecule has 0 amide bonds. The minimum absolute atomic E-state index is 0.00337. The average Bonchev–Trinajstić information content (AvgIpc) is 2.46. The van der Waals surface area contributed by atoms with Gasteiger partial charge >= 0.3 is 5.69 Å². The van der Waals surface area contributed by atoms with Gasteiger partial charge in [-0.25, -0.2) is 0 Å². The number of anilines is 1. The maximum atomic E-state index is 10.9. The molecule has 0 spiro atoms. The van der Waals surface area contributed by atoms with E-state index in [1.807, 2.05) is 18.2 Å². The number of pyridine rings is 1. The Kier molecular flexibility index (Phi) is 3.98. The van der Waals surface area contributed by atoms with Gasteiger partial charge in [0, 0.05) is 18.2 Å². The number of hydrogen-bond acceptors (Lipinski definition) is 4. The van der Waals surface area contributed by atoms with Crippen molar-refractivity contribution >= 4 is 11.4 Å². The summed E-state index contributed by atoms with van der Waals surface area (Å²) < 4.78 is 0. The standard InChI is InChI=1S/C15H17N3O2/c1-15(2,12-6-4-3-5-7-12)11-17-13-8-9-16-10-14(13)18(19)20/h3-10H,11H2,1-2H3,(H,16,17). The summed E-state index contributed by atoms with van der Waals surface area (Å²) in [6.45, 7) is 4.80. The highest BCUT2D eigenvalue weighted by molar-refractivity contribution is 5.59. The SMILES string of the molecule is CC(C)(CNc1ccncc1[N+](=O)[O-])c1ccccc1. The average molecular weight is 271 g/mol. The van der Waals surface area contributed by atoms with Gasteiger partial charge in [-0.15, -0.1) is 0 Å². The second kappa shape index (κ2) is 5.69. The molecule has 0 bridgehead atoms. The molecular formula is C15H17N3O2. The Balaban J connectivity index is 2.15. The second-order valence-corrected chi connectivity index (χ2v) is 5.25. The van der Waals surface area contributed by atoms with Gasteiger partial charge in [0.25, 0.3) is 0 Å². The normalized spacial score (nSPS) is 11.1. The predicted octanol–water partition coefficient (Wildman–Crippen LogP) is 3.38. The lowest BCUT2D eigenvalue weighted by Crippen LogP contribution is -2.27. The molecule has 5 heteroatoms. The maximum absolute atomic E-state index is 10.9. The van der Waals surface area contributed by atoms with Crippen LogP contribution in [0.2, 0.25) is 0 Å². The zero-order valence-electron chi connectivity index (χ0n) is 11.5. The number of nitrogens with one attached hydrogen (secondary N) is 1. The van der Waals surface area contributed by atoms with Gasteiger partial charge in [-0.05, 0) is 11.6 Å². The number of nitro groups is 1. The number of nitrogens with zero attached hydrogens (tertiary/aromatic N) is 2. The van der Waals surface area contributed by atoms with Crippen LogP contribution in [0.1, 0.15) is 19.4 Å². The highest BCUT2D eigenvalue weighted by Crippen LogP contribution is 2.26. The quantitative estimate of drug-likeness (QED) is 0.668. The van der Waals surface area contributed by atoms with Crippen LogP contribution in [0, 0.1) is 10.1 Å². The summed E-state index contributed by atoms with van der Waals surface area (Å²) in [4.78, 5) is 14.3. The van der Waals surface area contributed by atoms with Crippen molar-refractivity contribution in [3.63, 3.8) is 0 Å². The number of hydrogen-bond donors (Lipinski definition) is 1. The summed E-state index contributed by atoms with van der Waals surface area (Å²) in [6.07, 6.45) is 2.81. The van der Waals surface area contributed by atoms with Crippen LogP contribution in [0.3, 0.4) is 0 Å². The summed E-state index contributed by atoms with van der Waals surface area (Å²) in [5.41, 5.74) is 1.55. The van der Waals surface area contributed by atoms with Crippen molar-refractivity contribution in [3.8, 4) is 0 Å². The van der Waals surface area contributed by atoms with E-state index in [4.69, 9.17) is 0 Å². The highest BCUT2D eigenvalue weighted by atomic mass is 16.6. The molecule has 0 atom stereocenters. The van der Waals surface area contributed by atoms with Gasteiger partial charge in [-0.1, -0.05) is 44.2 Å². The molecule has 2 rings (SSSR count). The molecule has 1 aromatic carbocycles. The largest absolute Gasteiger partial charge is 0.379 e. The topological polar surface area (TPSA) is 68.1 Å². The minimum Gasteiger partial charge on any atom is -0.379 e. The van der Waals surface area contributed by atoms with Gasteiger partial charge in [-0.3, -0.25) is 15.1 Å². The highest BCUT2D eigenvalue weighted by Gasteiger charge is 2.22. The van der Waals surface area contributed by atoms with E-state index in [9.17, 15) is 10.1 Å². The Hall–Kier alpha value is -2.43. The van der Waals surface area contributed by atoms with Crippen LogP contribution in [-0.2, 0) is 5.41 Å². The van der Waals surface area contributed by atoms with Crippen LogP contribution in [0.25, 0.3) is 0 Å². The fraction of sp³-hybridized carbons (Fsp3) is 0.267. The third-order valence-corrected chi connectivity index (χ3v) is 3.27. The Labute approximate surface area is 117 Å². The summed E-state index contributed by atoms with van der Waals surface area (Å²) >= 11 is 0. The van der Waals surface area contributed by atoms with Crippen LogP contribution < -0.4 is 5.32 Å². The lowest BCUT2D eigenvalue weighted by Gasteiger charge is -2.26. The fourth-order valence-electron chi connectivity index (χ4n) is 1.99. The minimum atomic E-state index is -0.426. The summed E-state index contributed by atoms with van der Waals surface area (Å²) in [7, 11) is 0. The van der Waals surface area contributed by atoms with E-state index in [-0.39, 0.29) is 11.1 Å². The number of rotatable bonds is 5. The van der Waals surface area contributed by atoms with Gasteiger partial charge in [0.2, 0.25) is 0 Å². The molecule has 0 saturated carbocycles. The molecule has 104 valence electrons. The van der Waals surface area contributed by atoms with Gasteiger partial charge in [0.1, 0.15) is 11.9 Å². The van der Waals surface area contributed by atoms with E-state index in [0.29, 0.717) is 12.2 Å². The van der Waals surface area contributed by atoms with E-state index in [1.54, 1.807) is 12.3 Å². The van der Waals surface area contributed by atoms with E-state index < -0.39 is 4.92 Å². The molecule has 5 nitrogen and oxygen atoms in total. The van der Waals surface area contributed by atoms with Crippen molar-refractivity contribution in [2.24, 2.45) is 0 Å². The number of aromatic nitrogens is 1. The Morgan fingerprint density at radius 1 is 1.25 bits per heavy atom. The molecule has 0 aliphatic carbocycles. The third-order valence-electron chi connectivity index (χ3n) is 3.27. The van der Waals surface area contributed by atoms with Crippen LogP contribution >= 0.6 is 0 Å². The number of benzene rings is 1. The zero-order valence-corrected chi connectivity index (χ0v) is 11.5. The second-order valence-electron chi connectivity index (χ2n) is 5.25. The Morgan fingerprint density at radius 3 is 2.60 bits per heavy atom. The first-order chi connectivity index (χ1) is 9.50. The summed E-state index contributed by atoms with van der Waals surface area (Å²) in [6, 6.07) is 11.7.